The second-order valence-corrected chi connectivity index (χ2v) is 4.73. The van der Waals surface area contributed by atoms with Crippen molar-refractivity contribution in [2.45, 2.75) is 0 Å². The molecule has 0 unspecified atom stereocenters. The Bertz CT molecular complexity index is 599. The first-order chi connectivity index (χ1) is 9.29. The van der Waals surface area contributed by atoms with Crippen LogP contribution in [0.1, 0.15) is 5.56 Å². The van der Waals surface area contributed by atoms with Crippen LogP contribution < -0.4 is 10.1 Å². The van der Waals surface area contributed by atoms with Gasteiger partial charge in [0.1, 0.15) is 5.75 Å². The van der Waals surface area contributed by atoms with Crippen LogP contribution in [0, 0.1) is 11.8 Å². The lowest BCUT2D eigenvalue weighted by atomic mass is 10.2. The summed E-state index contributed by atoms with van der Waals surface area (Å²) in [6.07, 6.45) is 0. The highest BCUT2D eigenvalue weighted by atomic mass is 79.9. The maximum absolute atomic E-state index is 5.24. The largest absolute Gasteiger partial charge is 0.495 e. The van der Waals surface area contributed by atoms with E-state index in [2.05, 4.69) is 33.1 Å². The molecule has 0 aliphatic rings. The first kappa shape index (κ1) is 13.5. The van der Waals surface area contributed by atoms with Crippen molar-refractivity contribution >= 4 is 21.6 Å². The molecule has 0 saturated carbocycles. The molecule has 3 heteroatoms. The van der Waals surface area contributed by atoms with Crippen LogP contribution in [0.3, 0.4) is 0 Å². The SMILES string of the molecule is COc1cc(NCC#Cc2ccccc2)ccc1Br. The molecule has 19 heavy (non-hydrogen) atoms. The molecule has 2 aromatic carbocycles. The molecule has 1 N–H and O–H groups in total. The zero-order valence-electron chi connectivity index (χ0n) is 10.6. The van der Waals surface area contributed by atoms with Gasteiger partial charge in [0.2, 0.25) is 0 Å². The van der Waals surface area contributed by atoms with Crippen molar-refractivity contribution in [1.29, 1.82) is 0 Å². The summed E-state index contributed by atoms with van der Waals surface area (Å²) in [6, 6.07) is 15.8. The van der Waals surface area contributed by atoms with E-state index in [4.69, 9.17) is 4.74 Å². The molecule has 0 saturated heterocycles. The Kier molecular flexibility index (Phi) is 4.88. The molecule has 0 heterocycles. The Morgan fingerprint density at radius 3 is 2.68 bits per heavy atom. The van der Waals surface area contributed by atoms with Gasteiger partial charge in [-0.15, -0.1) is 0 Å². The smallest absolute Gasteiger partial charge is 0.135 e. The summed E-state index contributed by atoms with van der Waals surface area (Å²) >= 11 is 3.42. The number of benzene rings is 2. The van der Waals surface area contributed by atoms with Crippen LogP contribution in [0.4, 0.5) is 5.69 Å². The van der Waals surface area contributed by atoms with Crippen LogP contribution in [0.2, 0.25) is 0 Å². The molecule has 0 amide bonds. The van der Waals surface area contributed by atoms with Gasteiger partial charge in [0, 0.05) is 17.3 Å². The van der Waals surface area contributed by atoms with E-state index in [-0.39, 0.29) is 0 Å². The van der Waals surface area contributed by atoms with Crippen LogP contribution >= 0.6 is 15.9 Å². The van der Waals surface area contributed by atoms with Gasteiger partial charge in [-0.2, -0.15) is 0 Å². The number of methoxy groups -OCH3 is 1. The van der Waals surface area contributed by atoms with E-state index < -0.39 is 0 Å². The van der Waals surface area contributed by atoms with Gasteiger partial charge in [0.15, 0.2) is 0 Å². The molecule has 0 atom stereocenters. The monoisotopic (exact) mass is 315 g/mol. The van der Waals surface area contributed by atoms with Gasteiger partial charge in [-0.3, -0.25) is 0 Å². The van der Waals surface area contributed by atoms with Crippen LogP contribution in [-0.2, 0) is 0 Å². The molecule has 2 nitrogen and oxygen atoms in total. The first-order valence-corrected chi connectivity index (χ1v) is 6.70. The number of hydrogen-bond donors (Lipinski definition) is 1. The van der Waals surface area contributed by atoms with Crippen LogP contribution in [0.15, 0.2) is 53.0 Å². The number of nitrogens with one attached hydrogen (secondary N) is 1. The van der Waals surface area contributed by atoms with Gasteiger partial charge in [0.05, 0.1) is 18.1 Å². The van der Waals surface area contributed by atoms with Gasteiger partial charge in [0.25, 0.3) is 0 Å². The summed E-state index contributed by atoms with van der Waals surface area (Å²) in [4.78, 5) is 0. The van der Waals surface area contributed by atoms with Crippen LogP contribution in [0.5, 0.6) is 5.75 Å². The summed E-state index contributed by atoms with van der Waals surface area (Å²) < 4.78 is 6.18. The second kappa shape index (κ2) is 6.86. The van der Waals surface area contributed by atoms with E-state index in [0.29, 0.717) is 6.54 Å². The van der Waals surface area contributed by atoms with Crippen LogP contribution in [0.25, 0.3) is 0 Å². The number of halogens is 1. The lowest BCUT2D eigenvalue weighted by Gasteiger charge is -2.07. The molecule has 0 radical (unpaired) electrons. The van der Waals surface area contributed by atoms with Crippen molar-refractivity contribution in [3.63, 3.8) is 0 Å². The average Bonchev–Trinajstić information content (AvgIpc) is 2.46. The molecule has 0 spiro atoms. The number of rotatable bonds is 3. The highest BCUT2D eigenvalue weighted by molar-refractivity contribution is 9.10. The predicted molar refractivity (Wildman–Crippen MR) is 82.5 cm³/mol. The Morgan fingerprint density at radius 2 is 1.95 bits per heavy atom. The maximum atomic E-state index is 5.24. The Hall–Kier alpha value is -1.92. The van der Waals surface area contributed by atoms with Crippen molar-refractivity contribution in [3.8, 4) is 17.6 Å². The maximum Gasteiger partial charge on any atom is 0.135 e. The van der Waals surface area contributed by atoms with Gasteiger partial charge < -0.3 is 10.1 Å². The van der Waals surface area contributed by atoms with E-state index in [1.54, 1.807) is 7.11 Å². The van der Waals surface area contributed by atoms with E-state index in [1.807, 2.05) is 48.5 Å². The average molecular weight is 316 g/mol. The van der Waals surface area contributed by atoms with Crippen molar-refractivity contribution < 1.29 is 4.74 Å². The van der Waals surface area contributed by atoms with Crippen molar-refractivity contribution in [3.05, 3.63) is 58.6 Å². The Morgan fingerprint density at radius 1 is 1.16 bits per heavy atom. The molecule has 0 aliphatic heterocycles. The van der Waals surface area contributed by atoms with E-state index >= 15 is 0 Å². The third-order valence-electron chi connectivity index (χ3n) is 2.54. The molecule has 0 bridgehead atoms. The summed E-state index contributed by atoms with van der Waals surface area (Å²) in [7, 11) is 1.65. The lowest BCUT2D eigenvalue weighted by Crippen LogP contribution is -1.99. The van der Waals surface area contributed by atoms with Gasteiger partial charge in [-0.1, -0.05) is 30.0 Å². The first-order valence-electron chi connectivity index (χ1n) is 5.91. The molecule has 0 aliphatic carbocycles. The predicted octanol–water partition coefficient (Wildman–Crippen LogP) is 3.92. The molecular weight excluding hydrogens is 302 g/mol. The quantitative estimate of drug-likeness (QED) is 0.867. The Labute approximate surface area is 121 Å². The minimum atomic E-state index is 0.597. The third-order valence-corrected chi connectivity index (χ3v) is 3.19. The summed E-state index contributed by atoms with van der Waals surface area (Å²) in [5.41, 5.74) is 2.01. The van der Waals surface area contributed by atoms with Crippen LogP contribution in [-0.4, -0.2) is 13.7 Å². The topological polar surface area (TPSA) is 21.3 Å². The Balaban J connectivity index is 1.95. The van der Waals surface area contributed by atoms with Crippen molar-refractivity contribution in [2.75, 3.05) is 19.0 Å². The highest BCUT2D eigenvalue weighted by Crippen LogP contribution is 2.27. The molecule has 2 aromatic rings. The molecule has 0 aromatic heterocycles. The fraction of sp³-hybridized carbons (Fsp3) is 0.125. The minimum absolute atomic E-state index is 0.597. The normalized spacial score (nSPS) is 9.37. The molecule has 96 valence electrons. The minimum Gasteiger partial charge on any atom is -0.495 e. The van der Waals surface area contributed by atoms with Crippen molar-refractivity contribution in [1.82, 2.24) is 0 Å². The van der Waals surface area contributed by atoms with E-state index in [0.717, 1.165) is 21.5 Å². The highest BCUT2D eigenvalue weighted by Gasteiger charge is 2.00. The lowest BCUT2D eigenvalue weighted by molar-refractivity contribution is 0.412. The summed E-state index contributed by atoms with van der Waals surface area (Å²) in [5.74, 6) is 7.00. The van der Waals surface area contributed by atoms with E-state index in [9.17, 15) is 0 Å². The van der Waals surface area contributed by atoms with Gasteiger partial charge in [-0.25, -0.2) is 0 Å². The third kappa shape index (κ3) is 4.04. The standard InChI is InChI=1S/C16H14BrNO/c1-19-16-12-14(9-10-15(16)17)18-11-5-8-13-6-3-2-4-7-13/h2-4,6-7,9-10,12,18H,11H2,1H3. The molecule has 0 fully saturated rings. The fourth-order valence-corrected chi connectivity index (χ4v) is 1.99. The molecular formula is C16H14BrNO. The summed E-state index contributed by atoms with van der Waals surface area (Å²) in [5, 5.41) is 3.24. The molecule has 2 rings (SSSR count). The van der Waals surface area contributed by atoms with E-state index in [1.165, 1.54) is 0 Å². The number of hydrogen-bond acceptors (Lipinski definition) is 2. The van der Waals surface area contributed by atoms with Gasteiger partial charge in [-0.05, 0) is 40.2 Å². The zero-order chi connectivity index (χ0) is 13.5. The second-order valence-electron chi connectivity index (χ2n) is 3.87. The fourth-order valence-electron chi connectivity index (χ4n) is 1.58. The van der Waals surface area contributed by atoms with Gasteiger partial charge >= 0.3 is 0 Å². The number of anilines is 1. The zero-order valence-corrected chi connectivity index (χ0v) is 12.2. The number of ether oxygens (including phenoxy) is 1. The summed E-state index contributed by atoms with van der Waals surface area (Å²) in [6.45, 7) is 0.597. The van der Waals surface area contributed by atoms with Crippen molar-refractivity contribution in [2.24, 2.45) is 0 Å².